The van der Waals surface area contributed by atoms with Crippen molar-refractivity contribution < 1.29 is 18.3 Å². The molecule has 0 saturated carbocycles. The largest absolute Gasteiger partial charge is 0.480 e. The predicted octanol–water partition coefficient (Wildman–Crippen LogP) is 2.45. The molecule has 2 aromatic carbocycles. The maximum atomic E-state index is 13.1. The Morgan fingerprint density at radius 2 is 1.74 bits per heavy atom. The number of hydrogen-bond acceptors (Lipinski definition) is 4. The molecule has 5 nitrogen and oxygen atoms in total. The normalized spacial score (nSPS) is 23.0. The van der Waals surface area contributed by atoms with Gasteiger partial charge in [0.15, 0.2) is 14.6 Å². The van der Waals surface area contributed by atoms with Crippen LogP contribution in [0, 0.1) is 11.3 Å². The van der Waals surface area contributed by atoms with Crippen molar-refractivity contribution in [1.82, 2.24) is 0 Å². The summed E-state index contributed by atoms with van der Waals surface area (Å²) < 4.78 is 24.1. The van der Waals surface area contributed by atoms with Crippen molar-refractivity contribution in [2.45, 2.75) is 22.0 Å². The van der Waals surface area contributed by atoms with Gasteiger partial charge in [0.05, 0.1) is 16.9 Å². The van der Waals surface area contributed by atoms with Gasteiger partial charge in [0, 0.05) is 6.42 Å². The van der Waals surface area contributed by atoms with Gasteiger partial charge < -0.3 is 5.11 Å². The number of carbonyl (C=O) groups is 1. The van der Waals surface area contributed by atoms with Crippen LogP contribution in [0.3, 0.4) is 0 Å². The van der Waals surface area contributed by atoms with Crippen LogP contribution in [0.15, 0.2) is 59.5 Å². The fourth-order valence-electron chi connectivity index (χ4n) is 3.16. The van der Waals surface area contributed by atoms with Gasteiger partial charge in [-0.3, -0.25) is 4.79 Å². The fourth-order valence-corrected chi connectivity index (χ4v) is 5.17. The van der Waals surface area contributed by atoms with Gasteiger partial charge in [-0.05, 0) is 23.3 Å². The Bertz CT molecular complexity index is 915. The molecule has 2 atom stereocenters. The van der Waals surface area contributed by atoms with Crippen LogP contribution in [0.5, 0.6) is 0 Å². The Balaban J connectivity index is 2.34. The molecule has 6 heteroatoms. The number of nitriles is 1. The van der Waals surface area contributed by atoms with Crippen LogP contribution in [0.25, 0.3) is 0 Å². The van der Waals surface area contributed by atoms with Crippen molar-refractivity contribution in [2.24, 2.45) is 0 Å². The Labute approximate surface area is 133 Å². The first-order valence-corrected chi connectivity index (χ1v) is 8.45. The standard InChI is InChI=1S/C17H13NO4S/c18-11-12-10-17(16(19)20,15-9-5-4-8-14(12)15)23(21,22)13-6-2-1-3-7-13/h1-9,12H,10H2,(H,19,20). The maximum Gasteiger partial charge on any atom is 0.330 e. The van der Waals surface area contributed by atoms with E-state index in [0.29, 0.717) is 5.56 Å². The van der Waals surface area contributed by atoms with E-state index in [1.54, 1.807) is 36.4 Å². The molecule has 2 aromatic rings. The molecule has 1 aliphatic rings. The summed E-state index contributed by atoms with van der Waals surface area (Å²) in [4.78, 5) is 12.0. The van der Waals surface area contributed by atoms with E-state index in [1.807, 2.05) is 6.07 Å². The SMILES string of the molecule is N#CC1CC(C(=O)O)(S(=O)(=O)c2ccccc2)c2ccccc21. The fraction of sp³-hybridized carbons (Fsp3) is 0.176. The molecular formula is C17H13NO4S. The summed E-state index contributed by atoms with van der Waals surface area (Å²) in [5, 5.41) is 19.2. The highest BCUT2D eigenvalue weighted by molar-refractivity contribution is 7.93. The average molecular weight is 327 g/mol. The van der Waals surface area contributed by atoms with E-state index >= 15 is 0 Å². The minimum absolute atomic E-state index is 0.0595. The van der Waals surface area contributed by atoms with Crippen LogP contribution in [-0.2, 0) is 19.4 Å². The quantitative estimate of drug-likeness (QED) is 0.934. The summed E-state index contributed by atoms with van der Waals surface area (Å²) in [5.41, 5.74) is 0.653. The van der Waals surface area contributed by atoms with E-state index in [9.17, 15) is 23.6 Å². The van der Waals surface area contributed by atoms with Crippen molar-refractivity contribution >= 4 is 15.8 Å². The van der Waals surface area contributed by atoms with E-state index in [1.165, 1.54) is 18.2 Å². The molecule has 0 spiro atoms. The molecule has 0 saturated heterocycles. The summed E-state index contributed by atoms with van der Waals surface area (Å²) in [7, 11) is -4.21. The van der Waals surface area contributed by atoms with Gasteiger partial charge in [0.1, 0.15) is 0 Å². The number of carboxylic acids is 1. The highest BCUT2D eigenvalue weighted by atomic mass is 32.2. The maximum absolute atomic E-state index is 13.1. The van der Waals surface area contributed by atoms with E-state index in [4.69, 9.17) is 0 Å². The molecule has 23 heavy (non-hydrogen) atoms. The number of hydrogen-bond donors (Lipinski definition) is 1. The summed E-state index contributed by atoms with van der Waals surface area (Å²) in [5.74, 6) is -2.22. The Kier molecular flexibility index (Phi) is 3.46. The highest BCUT2D eigenvalue weighted by Crippen LogP contribution is 2.51. The summed E-state index contributed by atoms with van der Waals surface area (Å²) in [6, 6.07) is 15.9. The third kappa shape index (κ3) is 1.97. The zero-order valence-corrected chi connectivity index (χ0v) is 12.8. The highest BCUT2D eigenvalue weighted by Gasteiger charge is 2.59. The van der Waals surface area contributed by atoms with Crippen LogP contribution >= 0.6 is 0 Å². The topological polar surface area (TPSA) is 95.2 Å². The molecule has 0 fully saturated rings. The third-order valence-electron chi connectivity index (χ3n) is 4.28. The molecule has 3 rings (SSSR count). The third-order valence-corrected chi connectivity index (χ3v) is 6.65. The molecule has 1 aliphatic carbocycles. The zero-order valence-electron chi connectivity index (χ0n) is 12.0. The average Bonchev–Trinajstić information content (AvgIpc) is 2.92. The van der Waals surface area contributed by atoms with Gasteiger partial charge in [-0.25, -0.2) is 8.42 Å². The van der Waals surface area contributed by atoms with Crippen LogP contribution in [0.4, 0.5) is 0 Å². The van der Waals surface area contributed by atoms with E-state index in [-0.39, 0.29) is 16.9 Å². The summed E-state index contributed by atoms with van der Waals surface area (Å²) in [6.07, 6.45) is -0.282. The summed E-state index contributed by atoms with van der Waals surface area (Å²) >= 11 is 0. The predicted molar refractivity (Wildman–Crippen MR) is 82.4 cm³/mol. The first-order valence-electron chi connectivity index (χ1n) is 6.97. The molecule has 0 aromatic heterocycles. The van der Waals surface area contributed by atoms with Crippen molar-refractivity contribution in [3.05, 3.63) is 65.7 Å². The van der Waals surface area contributed by atoms with Gasteiger partial charge >= 0.3 is 5.97 Å². The number of carboxylic acid groups (broad SMARTS) is 1. The lowest BCUT2D eigenvalue weighted by molar-refractivity contribution is -0.140. The second kappa shape index (κ2) is 5.21. The van der Waals surface area contributed by atoms with Gasteiger partial charge in [-0.2, -0.15) is 5.26 Å². The van der Waals surface area contributed by atoms with Crippen molar-refractivity contribution in [3.63, 3.8) is 0 Å². The van der Waals surface area contributed by atoms with Crippen LogP contribution < -0.4 is 0 Å². The van der Waals surface area contributed by atoms with Crippen molar-refractivity contribution in [3.8, 4) is 6.07 Å². The molecule has 116 valence electrons. The Morgan fingerprint density at radius 3 is 2.35 bits per heavy atom. The van der Waals surface area contributed by atoms with Gasteiger partial charge in [0.2, 0.25) is 0 Å². The lowest BCUT2D eigenvalue weighted by atomic mass is 10.0. The second-order valence-corrected chi connectivity index (χ2v) is 7.60. The molecular weight excluding hydrogens is 314 g/mol. The lowest BCUT2D eigenvalue weighted by Gasteiger charge is -2.25. The number of sulfone groups is 1. The summed E-state index contributed by atoms with van der Waals surface area (Å²) in [6.45, 7) is 0. The van der Waals surface area contributed by atoms with Crippen LogP contribution in [0.2, 0.25) is 0 Å². The molecule has 1 N–H and O–H groups in total. The Hall–Kier alpha value is -2.65. The molecule has 2 unspecified atom stereocenters. The minimum Gasteiger partial charge on any atom is -0.480 e. The van der Waals surface area contributed by atoms with Crippen LogP contribution in [0.1, 0.15) is 23.5 Å². The van der Waals surface area contributed by atoms with Crippen molar-refractivity contribution in [1.29, 1.82) is 5.26 Å². The molecule has 0 bridgehead atoms. The number of rotatable bonds is 3. The monoisotopic (exact) mass is 327 g/mol. The van der Waals surface area contributed by atoms with E-state index < -0.39 is 26.5 Å². The second-order valence-electron chi connectivity index (χ2n) is 5.42. The molecule has 0 heterocycles. The number of fused-ring (bicyclic) bond motifs is 1. The number of aliphatic carboxylic acids is 1. The van der Waals surface area contributed by atoms with Crippen LogP contribution in [-0.4, -0.2) is 19.5 Å². The number of benzene rings is 2. The van der Waals surface area contributed by atoms with E-state index in [0.717, 1.165) is 0 Å². The first kappa shape index (κ1) is 15.3. The smallest absolute Gasteiger partial charge is 0.330 e. The first-order chi connectivity index (χ1) is 10.9. The Morgan fingerprint density at radius 1 is 1.13 bits per heavy atom. The van der Waals surface area contributed by atoms with E-state index in [2.05, 4.69) is 0 Å². The molecule has 0 radical (unpaired) electrons. The number of nitrogens with zero attached hydrogens (tertiary/aromatic N) is 1. The molecule has 0 amide bonds. The zero-order chi connectivity index (χ0) is 16.7. The molecule has 0 aliphatic heterocycles. The van der Waals surface area contributed by atoms with Gasteiger partial charge in [-0.1, -0.05) is 42.5 Å². The minimum atomic E-state index is -4.21. The van der Waals surface area contributed by atoms with Gasteiger partial charge in [0.25, 0.3) is 0 Å². The van der Waals surface area contributed by atoms with Crippen molar-refractivity contribution in [2.75, 3.05) is 0 Å². The lowest BCUT2D eigenvalue weighted by Crippen LogP contribution is -2.42. The van der Waals surface area contributed by atoms with Gasteiger partial charge in [-0.15, -0.1) is 0 Å².